The fourth-order valence-electron chi connectivity index (χ4n) is 5.00. The standard InChI is InChI=1S/C19H26O6/c1-11(2)18(22)23-9-16(20)25-17(21)10-24-19(3)14-5-12-4-13(7-14)8-15(19)6-12/h12-15H,1,4-10H2,2-3H3. The van der Waals surface area contributed by atoms with Crippen LogP contribution in [0.25, 0.3) is 0 Å². The van der Waals surface area contributed by atoms with E-state index < -0.39 is 24.5 Å². The molecule has 0 amide bonds. The Bertz CT molecular complexity index is 565. The lowest BCUT2D eigenvalue weighted by Gasteiger charge is -2.59. The lowest BCUT2D eigenvalue weighted by atomic mass is 9.50. The molecule has 25 heavy (non-hydrogen) atoms. The molecule has 4 aliphatic carbocycles. The normalized spacial score (nSPS) is 35.3. The molecule has 0 N–H and O–H groups in total. The summed E-state index contributed by atoms with van der Waals surface area (Å²) < 4.78 is 15.3. The van der Waals surface area contributed by atoms with Crippen molar-refractivity contribution in [3.05, 3.63) is 12.2 Å². The molecule has 0 radical (unpaired) electrons. The second-order valence-corrected chi connectivity index (χ2v) is 7.98. The zero-order chi connectivity index (χ0) is 18.2. The van der Waals surface area contributed by atoms with Crippen LogP contribution in [0.15, 0.2) is 12.2 Å². The molecule has 6 nitrogen and oxygen atoms in total. The maximum atomic E-state index is 11.9. The topological polar surface area (TPSA) is 78.9 Å². The number of rotatable bonds is 6. The summed E-state index contributed by atoms with van der Waals surface area (Å²) in [5.74, 6) is 0.269. The van der Waals surface area contributed by atoms with E-state index in [0.29, 0.717) is 11.8 Å². The van der Waals surface area contributed by atoms with E-state index in [0.717, 1.165) is 11.8 Å². The van der Waals surface area contributed by atoms with Crippen molar-refractivity contribution in [2.24, 2.45) is 23.7 Å². The highest BCUT2D eigenvalue weighted by Gasteiger charge is 2.55. The number of ether oxygens (including phenoxy) is 3. The maximum Gasteiger partial charge on any atom is 0.351 e. The van der Waals surface area contributed by atoms with E-state index in [1.165, 1.54) is 39.0 Å². The first-order valence-corrected chi connectivity index (χ1v) is 8.98. The molecule has 6 heteroatoms. The van der Waals surface area contributed by atoms with Crippen molar-refractivity contribution in [2.45, 2.75) is 51.6 Å². The number of carbonyl (C=O) groups excluding carboxylic acids is 3. The second kappa shape index (κ2) is 6.90. The van der Waals surface area contributed by atoms with Gasteiger partial charge >= 0.3 is 17.9 Å². The summed E-state index contributed by atoms with van der Waals surface area (Å²) >= 11 is 0. The van der Waals surface area contributed by atoms with Crippen LogP contribution in [-0.2, 0) is 28.6 Å². The van der Waals surface area contributed by atoms with E-state index >= 15 is 0 Å². The van der Waals surface area contributed by atoms with Crippen LogP contribution >= 0.6 is 0 Å². The van der Waals surface area contributed by atoms with Crippen LogP contribution in [-0.4, -0.2) is 36.7 Å². The van der Waals surface area contributed by atoms with Gasteiger partial charge in [-0.25, -0.2) is 14.4 Å². The van der Waals surface area contributed by atoms with Crippen LogP contribution < -0.4 is 0 Å². The van der Waals surface area contributed by atoms with Gasteiger partial charge in [-0.1, -0.05) is 6.58 Å². The summed E-state index contributed by atoms with van der Waals surface area (Å²) in [6, 6.07) is 0. The minimum absolute atomic E-state index is 0.178. The lowest BCUT2D eigenvalue weighted by Crippen LogP contribution is -2.57. The SMILES string of the molecule is C=C(C)C(=O)OCC(=O)OC(=O)COC1(C)C2CC3CC(C2)CC1C3. The Morgan fingerprint density at radius 3 is 2.00 bits per heavy atom. The van der Waals surface area contributed by atoms with Gasteiger partial charge in [0.2, 0.25) is 0 Å². The first kappa shape index (κ1) is 18.1. The highest BCUT2D eigenvalue weighted by molar-refractivity contribution is 5.91. The van der Waals surface area contributed by atoms with Gasteiger partial charge in [0.05, 0.1) is 5.60 Å². The summed E-state index contributed by atoms with van der Waals surface area (Å²) in [4.78, 5) is 34.6. The van der Waals surface area contributed by atoms with E-state index in [-0.39, 0.29) is 17.8 Å². The molecular formula is C19H26O6. The van der Waals surface area contributed by atoms with E-state index in [1.54, 1.807) is 0 Å². The Kier molecular flexibility index (Phi) is 5.00. The predicted molar refractivity (Wildman–Crippen MR) is 88.3 cm³/mol. The van der Waals surface area contributed by atoms with Gasteiger partial charge in [-0.15, -0.1) is 0 Å². The third kappa shape index (κ3) is 3.78. The Labute approximate surface area is 147 Å². The van der Waals surface area contributed by atoms with Crippen molar-refractivity contribution in [3.8, 4) is 0 Å². The van der Waals surface area contributed by atoms with Gasteiger partial charge in [0.1, 0.15) is 6.61 Å². The van der Waals surface area contributed by atoms with Gasteiger partial charge in [0, 0.05) is 5.57 Å². The molecule has 4 saturated carbocycles. The largest absolute Gasteiger partial charge is 0.450 e. The molecule has 0 saturated heterocycles. The number of esters is 3. The van der Waals surface area contributed by atoms with Crippen molar-refractivity contribution in [1.82, 2.24) is 0 Å². The van der Waals surface area contributed by atoms with Crippen LogP contribution in [0.3, 0.4) is 0 Å². The van der Waals surface area contributed by atoms with E-state index in [2.05, 4.69) is 23.0 Å². The molecule has 0 spiro atoms. The molecule has 4 fully saturated rings. The van der Waals surface area contributed by atoms with Crippen LogP contribution in [0.1, 0.15) is 46.0 Å². The average molecular weight is 350 g/mol. The van der Waals surface area contributed by atoms with E-state index in [4.69, 9.17) is 4.74 Å². The fraction of sp³-hybridized carbons (Fsp3) is 0.737. The van der Waals surface area contributed by atoms with Crippen LogP contribution in [0.5, 0.6) is 0 Å². The van der Waals surface area contributed by atoms with Gasteiger partial charge in [-0.3, -0.25) is 0 Å². The summed E-state index contributed by atoms with van der Waals surface area (Å²) in [5.41, 5.74) is -0.126. The van der Waals surface area contributed by atoms with E-state index in [9.17, 15) is 14.4 Å². The molecular weight excluding hydrogens is 324 g/mol. The zero-order valence-electron chi connectivity index (χ0n) is 14.9. The Morgan fingerprint density at radius 1 is 0.960 bits per heavy atom. The first-order valence-electron chi connectivity index (χ1n) is 8.98. The average Bonchev–Trinajstić information content (AvgIpc) is 2.55. The highest BCUT2D eigenvalue weighted by Crippen LogP contribution is 2.59. The molecule has 138 valence electrons. The molecule has 0 aromatic carbocycles. The number of carbonyl (C=O) groups is 3. The minimum Gasteiger partial charge on any atom is -0.450 e. The Morgan fingerprint density at radius 2 is 1.48 bits per heavy atom. The second-order valence-electron chi connectivity index (χ2n) is 7.98. The smallest absolute Gasteiger partial charge is 0.351 e. The van der Waals surface area contributed by atoms with Gasteiger partial charge in [-0.05, 0) is 69.6 Å². The molecule has 4 bridgehead atoms. The number of hydrogen-bond acceptors (Lipinski definition) is 6. The third-order valence-corrected chi connectivity index (χ3v) is 6.16. The summed E-state index contributed by atoms with van der Waals surface area (Å²) in [7, 11) is 0. The van der Waals surface area contributed by atoms with Gasteiger partial charge in [0.25, 0.3) is 0 Å². The van der Waals surface area contributed by atoms with Crippen LogP contribution in [0.4, 0.5) is 0 Å². The van der Waals surface area contributed by atoms with Crippen molar-refractivity contribution < 1.29 is 28.6 Å². The van der Waals surface area contributed by atoms with Crippen molar-refractivity contribution in [1.29, 1.82) is 0 Å². The molecule has 0 aliphatic heterocycles. The lowest BCUT2D eigenvalue weighted by molar-refractivity contribution is -0.203. The molecule has 0 heterocycles. The molecule has 4 rings (SSSR count). The zero-order valence-corrected chi connectivity index (χ0v) is 14.9. The molecule has 4 aliphatic rings. The fourth-order valence-corrected chi connectivity index (χ4v) is 5.00. The summed E-state index contributed by atoms with van der Waals surface area (Å²) in [6.45, 7) is 6.12. The summed E-state index contributed by atoms with van der Waals surface area (Å²) in [5, 5.41) is 0. The van der Waals surface area contributed by atoms with Crippen molar-refractivity contribution >= 4 is 17.9 Å². The summed E-state index contributed by atoms with van der Waals surface area (Å²) in [6.07, 6.45) is 6.05. The highest BCUT2D eigenvalue weighted by atomic mass is 16.6. The first-order chi connectivity index (χ1) is 11.8. The van der Waals surface area contributed by atoms with Crippen LogP contribution in [0, 0.1) is 23.7 Å². The third-order valence-electron chi connectivity index (χ3n) is 6.16. The quantitative estimate of drug-likeness (QED) is 0.416. The monoisotopic (exact) mass is 350 g/mol. The minimum atomic E-state index is -0.904. The number of hydrogen-bond donors (Lipinski definition) is 0. The molecule has 0 atom stereocenters. The van der Waals surface area contributed by atoms with Gasteiger partial charge < -0.3 is 14.2 Å². The van der Waals surface area contributed by atoms with Gasteiger partial charge in [0.15, 0.2) is 6.61 Å². The molecule has 0 aromatic rings. The molecule has 0 unspecified atom stereocenters. The maximum absolute atomic E-state index is 11.9. The Balaban J connectivity index is 1.45. The molecule has 0 aromatic heterocycles. The predicted octanol–water partition coefficient (Wildman–Crippen LogP) is 2.41. The van der Waals surface area contributed by atoms with Crippen molar-refractivity contribution in [2.75, 3.05) is 13.2 Å². The van der Waals surface area contributed by atoms with Gasteiger partial charge in [-0.2, -0.15) is 0 Å². The van der Waals surface area contributed by atoms with E-state index in [1.807, 2.05) is 0 Å². The van der Waals surface area contributed by atoms with Crippen LogP contribution in [0.2, 0.25) is 0 Å². The van der Waals surface area contributed by atoms with Crippen molar-refractivity contribution in [3.63, 3.8) is 0 Å². The Hall–Kier alpha value is -1.69.